The van der Waals surface area contributed by atoms with Crippen LogP contribution in [0.1, 0.15) is 57.8 Å². The van der Waals surface area contributed by atoms with Crippen LogP contribution in [0.3, 0.4) is 0 Å². The topological polar surface area (TPSA) is 69.7 Å². The molecule has 24 heavy (non-hydrogen) atoms. The van der Waals surface area contributed by atoms with Crippen LogP contribution in [-0.4, -0.2) is 32.2 Å². The molecule has 0 saturated heterocycles. The van der Waals surface area contributed by atoms with Gasteiger partial charge in [-0.25, -0.2) is 13.6 Å². The SMILES string of the molecule is O=C(OCCC1CC1)C1=C(OS(=O)(=O)C2(F)CC2F)CCCCC1. The zero-order valence-corrected chi connectivity index (χ0v) is 14.2. The number of carbonyl (C=O) groups is 1. The fourth-order valence-electron chi connectivity index (χ4n) is 2.82. The summed E-state index contributed by atoms with van der Waals surface area (Å²) in [5.74, 6) is -0.0805. The molecular weight excluding hydrogens is 342 g/mol. The van der Waals surface area contributed by atoms with Gasteiger partial charge in [-0.1, -0.05) is 19.3 Å². The predicted octanol–water partition coefficient (Wildman–Crippen LogP) is 3.30. The van der Waals surface area contributed by atoms with Gasteiger partial charge in [0.25, 0.3) is 5.00 Å². The summed E-state index contributed by atoms with van der Waals surface area (Å²) < 4.78 is 61.0. The molecule has 3 aliphatic carbocycles. The van der Waals surface area contributed by atoms with Crippen LogP contribution >= 0.6 is 0 Å². The number of halogens is 2. The summed E-state index contributed by atoms with van der Waals surface area (Å²) in [5.41, 5.74) is 0.145. The van der Waals surface area contributed by atoms with Crippen molar-refractivity contribution in [2.45, 2.75) is 69.0 Å². The second-order valence-corrected chi connectivity index (χ2v) is 8.58. The van der Waals surface area contributed by atoms with Gasteiger partial charge in [0.2, 0.25) is 0 Å². The van der Waals surface area contributed by atoms with Crippen LogP contribution in [0.5, 0.6) is 0 Å². The minimum Gasteiger partial charge on any atom is -0.462 e. The fraction of sp³-hybridized carbons (Fsp3) is 0.812. The molecule has 0 aromatic heterocycles. The third-order valence-electron chi connectivity index (χ3n) is 4.76. The van der Waals surface area contributed by atoms with Crippen molar-refractivity contribution in [3.05, 3.63) is 11.3 Å². The van der Waals surface area contributed by atoms with Crippen molar-refractivity contribution < 1.29 is 30.9 Å². The van der Waals surface area contributed by atoms with E-state index in [1.54, 1.807) is 0 Å². The van der Waals surface area contributed by atoms with Crippen molar-refractivity contribution in [1.29, 1.82) is 0 Å². The molecule has 136 valence electrons. The van der Waals surface area contributed by atoms with E-state index in [0.29, 0.717) is 25.2 Å². The van der Waals surface area contributed by atoms with Crippen molar-refractivity contribution in [3.8, 4) is 0 Å². The van der Waals surface area contributed by atoms with Gasteiger partial charge in [0.1, 0.15) is 5.76 Å². The Bertz CT molecular complexity index is 641. The Hall–Kier alpha value is -1.18. The van der Waals surface area contributed by atoms with E-state index < -0.39 is 33.7 Å². The van der Waals surface area contributed by atoms with E-state index in [0.717, 1.165) is 25.7 Å². The van der Waals surface area contributed by atoms with Gasteiger partial charge in [-0.3, -0.25) is 0 Å². The molecule has 0 aliphatic heterocycles. The Morgan fingerprint density at radius 1 is 1.21 bits per heavy atom. The van der Waals surface area contributed by atoms with E-state index in [2.05, 4.69) is 0 Å². The van der Waals surface area contributed by atoms with E-state index in [1.165, 1.54) is 0 Å². The number of hydrogen-bond donors (Lipinski definition) is 0. The van der Waals surface area contributed by atoms with E-state index in [-0.39, 0.29) is 24.4 Å². The lowest BCUT2D eigenvalue weighted by Crippen LogP contribution is -2.24. The van der Waals surface area contributed by atoms with Crippen LogP contribution in [0.2, 0.25) is 0 Å². The standard InChI is InChI=1S/C16H22F2O5S/c17-14-10-16(14,18)24(20,21)23-13-5-3-1-2-4-12(13)15(19)22-9-8-11-6-7-11/h11,14H,1-10H2. The first kappa shape index (κ1) is 17.6. The van der Waals surface area contributed by atoms with Gasteiger partial charge in [0.15, 0.2) is 6.17 Å². The third-order valence-corrected chi connectivity index (χ3v) is 6.44. The lowest BCUT2D eigenvalue weighted by Gasteiger charge is -2.15. The molecule has 3 rings (SSSR count). The first-order valence-corrected chi connectivity index (χ1v) is 9.90. The van der Waals surface area contributed by atoms with Crippen LogP contribution in [-0.2, 0) is 23.8 Å². The molecule has 5 nitrogen and oxygen atoms in total. The monoisotopic (exact) mass is 364 g/mol. The Morgan fingerprint density at radius 3 is 2.50 bits per heavy atom. The summed E-state index contributed by atoms with van der Waals surface area (Å²) >= 11 is 0. The minimum absolute atomic E-state index is 0.0833. The molecule has 0 bridgehead atoms. The van der Waals surface area contributed by atoms with Gasteiger partial charge in [-0.2, -0.15) is 8.42 Å². The summed E-state index contributed by atoms with van der Waals surface area (Å²) in [5, 5.41) is -2.98. The molecule has 0 radical (unpaired) electrons. The maximum absolute atomic E-state index is 13.9. The summed E-state index contributed by atoms with van der Waals surface area (Å²) in [6.45, 7) is 0.284. The number of ether oxygens (including phenoxy) is 1. The first-order chi connectivity index (χ1) is 11.3. The van der Waals surface area contributed by atoms with Gasteiger partial charge in [-0.15, -0.1) is 0 Å². The van der Waals surface area contributed by atoms with Crippen LogP contribution < -0.4 is 0 Å². The van der Waals surface area contributed by atoms with Crippen LogP contribution in [0.25, 0.3) is 0 Å². The van der Waals surface area contributed by atoms with Crippen LogP contribution in [0.4, 0.5) is 8.78 Å². The normalized spacial score (nSPS) is 30.7. The van der Waals surface area contributed by atoms with Gasteiger partial charge < -0.3 is 8.92 Å². The van der Waals surface area contributed by atoms with Crippen LogP contribution in [0, 0.1) is 5.92 Å². The molecule has 8 heteroatoms. The summed E-state index contributed by atoms with van der Waals surface area (Å²) in [4.78, 5) is 12.3. The number of hydrogen-bond acceptors (Lipinski definition) is 5. The fourth-order valence-corrected chi connectivity index (χ4v) is 4.07. The second-order valence-electron chi connectivity index (χ2n) is 6.83. The maximum atomic E-state index is 13.9. The Kier molecular flexibility index (Phi) is 4.86. The lowest BCUT2D eigenvalue weighted by molar-refractivity contribution is -0.139. The number of allylic oxidation sites excluding steroid dienone is 1. The van der Waals surface area contributed by atoms with Crippen molar-refractivity contribution in [3.63, 3.8) is 0 Å². The zero-order valence-electron chi connectivity index (χ0n) is 13.4. The van der Waals surface area contributed by atoms with E-state index >= 15 is 0 Å². The van der Waals surface area contributed by atoms with Gasteiger partial charge >= 0.3 is 16.1 Å². The highest BCUT2D eigenvalue weighted by molar-refractivity contribution is 7.88. The Labute approximate surface area is 140 Å². The van der Waals surface area contributed by atoms with E-state index in [4.69, 9.17) is 8.92 Å². The first-order valence-electron chi connectivity index (χ1n) is 8.49. The summed E-state index contributed by atoms with van der Waals surface area (Å²) in [6.07, 6.45) is 2.97. The molecular formula is C16H22F2O5S. The number of carbonyl (C=O) groups excluding carboxylic acids is 1. The highest BCUT2D eigenvalue weighted by Crippen LogP contribution is 2.49. The molecule has 2 atom stereocenters. The van der Waals surface area contributed by atoms with E-state index in [1.807, 2.05) is 0 Å². The highest BCUT2D eigenvalue weighted by atomic mass is 32.2. The molecule has 0 amide bonds. The van der Waals surface area contributed by atoms with Crippen molar-refractivity contribution in [2.75, 3.05) is 6.61 Å². The quantitative estimate of drug-likeness (QED) is 0.512. The molecule has 0 heterocycles. The molecule has 0 aromatic rings. The molecule has 2 fully saturated rings. The van der Waals surface area contributed by atoms with Crippen molar-refractivity contribution >= 4 is 16.1 Å². The number of alkyl halides is 2. The predicted molar refractivity (Wildman–Crippen MR) is 81.8 cm³/mol. The lowest BCUT2D eigenvalue weighted by atomic mass is 10.1. The molecule has 3 aliphatic rings. The summed E-state index contributed by atoms with van der Waals surface area (Å²) in [7, 11) is -4.75. The molecule has 2 saturated carbocycles. The van der Waals surface area contributed by atoms with Gasteiger partial charge in [0.05, 0.1) is 12.2 Å². The van der Waals surface area contributed by atoms with E-state index in [9.17, 15) is 22.0 Å². The summed E-state index contributed by atoms with van der Waals surface area (Å²) in [6, 6.07) is 0. The molecule has 0 aromatic carbocycles. The Morgan fingerprint density at radius 2 is 1.88 bits per heavy atom. The van der Waals surface area contributed by atoms with Gasteiger partial charge in [0, 0.05) is 12.8 Å². The highest BCUT2D eigenvalue weighted by Gasteiger charge is 2.69. The second kappa shape index (κ2) is 6.61. The molecule has 2 unspecified atom stereocenters. The van der Waals surface area contributed by atoms with Crippen molar-refractivity contribution in [1.82, 2.24) is 0 Å². The smallest absolute Gasteiger partial charge is 0.347 e. The number of rotatable bonds is 7. The average molecular weight is 364 g/mol. The largest absolute Gasteiger partial charge is 0.462 e. The average Bonchev–Trinajstić information content (AvgIpc) is 3.40. The Balaban J connectivity index is 1.71. The maximum Gasteiger partial charge on any atom is 0.347 e. The van der Waals surface area contributed by atoms with Crippen molar-refractivity contribution in [2.24, 2.45) is 5.92 Å². The molecule has 0 spiro atoms. The van der Waals surface area contributed by atoms with Crippen LogP contribution in [0.15, 0.2) is 11.3 Å². The van der Waals surface area contributed by atoms with Gasteiger partial charge in [-0.05, 0) is 31.6 Å². The zero-order chi connectivity index (χ0) is 17.4. The number of esters is 1. The molecule has 0 N–H and O–H groups in total. The third kappa shape index (κ3) is 3.73. The minimum atomic E-state index is -4.75.